The lowest BCUT2D eigenvalue weighted by molar-refractivity contribution is -0.0643. The molecule has 6 heteroatoms. The lowest BCUT2D eigenvalue weighted by Gasteiger charge is -2.42. The molecule has 0 saturated carbocycles. The first-order valence-corrected chi connectivity index (χ1v) is 10.7. The van der Waals surface area contributed by atoms with Crippen LogP contribution in [0.4, 0.5) is 5.69 Å². The molecule has 1 aliphatic heterocycles. The zero-order chi connectivity index (χ0) is 19.4. The smallest absolute Gasteiger partial charge is 0.288 e. The van der Waals surface area contributed by atoms with Gasteiger partial charge in [-0.25, -0.2) is 4.21 Å². The molecule has 1 aliphatic rings. The minimum atomic E-state index is -0.860. The first kappa shape index (κ1) is 19.9. The Morgan fingerprint density at radius 3 is 2.63 bits per heavy atom. The molecule has 0 saturated heterocycles. The molecule has 0 radical (unpaired) electrons. The summed E-state index contributed by atoms with van der Waals surface area (Å²) in [4.78, 5) is 0. The summed E-state index contributed by atoms with van der Waals surface area (Å²) < 4.78 is 19.0. The molecule has 146 valence electrons. The van der Waals surface area contributed by atoms with Crippen molar-refractivity contribution in [1.82, 2.24) is 5.32 Å². The van der Waals surface area contributed by atoms with E-state index in [4.69, 9.17) is 4.74 Å². The number of nitrogens with one attached hydrogen (secondary N) is 2. The monoisotopic (exact) mass is 389 g/mol. The van der Waals surface area contributed by atoms with E-state index in [0.29, 0.717) is 5.75 Å². The van der Waals surface area contributed by atoms with Crippen LogP contribution in [0.25, 0.3) is 0 Å². The van der Waals surface area contributed by atoms with E-state index in [1.807, 2.05) is 57.2 Å². The van der Waals surface area contributed by atoms with Crippen LogP contribution in [-0.2, 0) is 17.4 Å². The molecule has 0 fully saturated rings. The number of aliphatic hydroxyl groups excluding tert-OH is 1. The van der Waals surface area contributed by atoms with Gasteiger partial charge in [-0.05, 0) is 45.4 Å². The molecule has 0 aliphatic carbocycles. The number of benzene rings is 2. The van der Waals surface area contributed by atoms with E-state index in [2.05, 4.69) is 22.2 Å². The molecule has 2 aromatic rings. The number of aliphatic hydroxyl groups is 1. The fourth-order valence-corrected chi connectivity index (χ4v) is 3.85. The van der Waals surface area contributed by atoms with Gasteiger partial charge in [0, 0.05) is 11.6 Å². The first-order valence-electron chi connectivity index (χ1n) is 9.35. The standard InChI is InChI=1S/C21H28N2O3S/c1-4-27(25)23-16-10-11-17-18(14-16)26-21(2,3)20(24)19(17)22-13-12-15-8-6-5-7-9-15/h5-11,14,19-20,22-24H,4,12-13H2,1-3H3/p+1/t19-,20+,27?/m0/s1. The summed E-state index contributed by atoms with van der Waals surface area (Å²) in [6.45, 7) is 6.48. The second kappa shape index (κ2) is 8.42. The topological polar surface area (TPSA) is 74.9 Å². The van der Waals surface area contributed by atoms with Crippen LogP contribution in [0.1, 0.15) is 37.9 Å². The van der Waals surface area contributed by atoms with Crippen LogP contribution in [0, 0.1) is 0 Å². The summed E-state index contributed by atoms with van der Waals surface area (Å²) in [6.07, 6.45) is 0.229. The molecule has 0 aromatic heterocycles. The van der Waals surface area contributed by atoms with Gasteiger partial charge in [0.15, 0.2) is 0 Å². The normalized spacial score (nSPS) is 21.8. The third-order valence-corrected chi connectivity index (χ3v) is 5.90. The second-order valence-electron chi connectivity index (χ2n) is 7.33. The van der Waals surface area contributed by atoms with Crippen LogP contribution in [0.15, 0.2) is 48.5 Å². The van der Waals surface area contributed by atoms with Crippen molar-refractivity contribution in [2.75, 3.05) is 17.0 Å². The molecule has 27 heavy (non-hydrogen) atoms. The van der Waals surface area contributed by atoms with Crippen LogP contribution in [0.3, 0.4) is 0 Å². The Morgan fingerprint density at radius 1 is 1.19 bits per heavy atom. The first-order chi connectivity index (χ1) is 12.9. The van der Waals surface area contributed by atoms with Crippen LogP contribution in [-0.4, -0.2) is 33.3 Å². The lowest BCUT2D eigenvalue weighted by Crippen LogP contribution is -2.52. The fourth-order valence-electron chi connectivity index (χ4n) is 3.30. The molecule has 1 heterocycles. The van der Waals surface area contributed by atoms with Gasteiger partial charge in [-0.1, -0.05) is 36.4 Å². The van der Waals surface area contributed by atoms with Crippen LogP contribution < -0.4 is 14.8 Å². The van der Waals surface area contributed by atoms with Crippen LogP contribution in [0.2, 0.25) is 0 Å². The average Bonchev–Trinajstić information content (AvgIpc) is 2.65. The highest BCUT2D eigenvalue weighted by molar-refractivity contribution is 7.86. The number of anilines is 1. The minimum absolute atomic E-state index is 0.208. The summed E-state index contributed by atoms with van der Waals surface area (Å²) in [6, 6.07) is 15.9. The van der Waals surface area contributed by atoms with Crippen molar-refractivity contribution in [3.05, 3.63) is 59.7 Å². The van der Waals surface area contributed by atoms with Crippen LogP contribution >= 0.6 is 0 Å². The van der Waals surface area contributed by atoms with E-state index in [1.165, 1.54) is 5.56 Å². The molecule has 4 N–H and O–H groups in total. The summed E-state index contributed by atoms with van der Waals surface area (Å²) in [7, 11) is -0.860. The van der Waals surface area contributed by atoms with Crippen molar-refractivity contribution in [3.63, 3.8) is 0 Å². The molecule has 3 atom stereocenters. The number of ether oxygens (including phenoxy) is 1. The molecule has 0 amide bonds. The lowest BCUT2D eigenvalue weighted by atomic mass is 9.86. The van der Waals surface area contributed by atoms with Gasteiger partial charge < -0.3 is 15.2 Å². The van der Waals surface area contributed by atoms with Crippen molar-refractivity contribution in [2.24, 2.45) is 0 Å². The second-order valence-corrected chi connectivity index (χ2v) is 8.84. The fraction of sp³-hybridized carbons (Fsp3) is 0.429. The van der Waals surface area contributed by atoms with Crippen LogP contribution in [0.5, 0.6) is 5.75 Å². The molecule has 3 rings (SSSR count). The predicted octanol–water partition coefficient (Wildman–Crippen LogP) is 3.34. The maximum Gasteiger partial charge on any atom is 0.288 e. The third kappa shape index (κ3) is 4.69. The van der Waals surface area contributed by atoms with Gasteiger partial charge in [0.05, 0.1) is 17.5 Å². The van der Waals surface area contributed by atoms with Crippen molar-refractivity contribution in [2.45, 2.75) is 44.9 Å². The molecule has 1 unspecified atom stereocenters. The SMILES string of the molecule is CCS(=[OH+])Nc1ccc2c(c1)OC(C)(C)[C@H](O)[C@H]2NCCc1ccccc1. The quantitative estimate of drug-likeness (QED) is 0.636. The van der Waals surface area contributed by atoms with Crippen molar-refractivity contribution in [1.29, 1.82) is 0 Å². The minimum Gasteiger partial charge on any atom is -0.485 e. The highest BCUT2D eigenvalue weighted by atomic mass is 32.2. The predicted molar refractivity (Wildman–Crippen MR) is 112 cm³/mol. The van der Waals surface area contributed by atoms with Crippen molar-refractivity contribution in [3.8, 4) is 5.75 Å². The summed E-state index contributed by atoms with van der Waals surface area (Å²) in [5.74, 6) is 1.38. The Hall–Kier alpha value is -1.89. The zero-order valence-corrected chi connectivity index (χ0v) is 16.9. The van der Waals surface area contributed by atoms with E-state index < -0.39 is 22.7 Å². The van der Waals surface area contributed by atoms with E-state index >= 15 is 0 Å². The molecule has 2 aromatic carbocycles. The largest absolute Gasteiger partial charge is 0.485 e. The van der Waals surface area contributed by atoms with Crippen molar-refractivity contribution < 1.29 is 14.1 Å². The van der Waals surface area contributed by atoms with E-state index in [-0.39, 0.29) is 6.04 Å². The highest BCUT2D eigenvalue weighted by Crippen LogP contribution is 2.41. The van der Waals surface area contributed by atoms with Gasteiger partial charge in [-0.15, -0.1) is 0 Å². The molecular weight excluding hydrogens is 360 g/mol. The molecular formula is C21H29N2O3S+. The van der Waals surface area contributed by atoms with E-state index in [0.717, 1.165) is 30.0 Å². The molecule has 5 nitrogen and oxygen atoms in total. The number of hydrogen-bond acceptors (Lipinski definition) is 3. The Labute approximate surface area is 163 Å². The van der Waals surface area contributed by atoms with E-state index in [9.17, 15) is 9.32 Å². The number of hydrogen-bond donors (Lipinski definition) is 3. The molecule has 0 spiro atoms. The highest BCUT2D eigenvalue weighted by Gasteiger charge is 2.42. The summed E-state index contributed by atoms with van der Waals surface area (Å²) in [5, 5.41) is 14.4. The van der Waals surface area contributed by atoms with Gasteiger partial charge in [0.25, 0.3) is 11.0 Å². The van der Waals surface area contributed by atoms with Gasteiger partial charge in [0.2, 0.25) is 0 Å². The number of fused-ring (bicyclic) bond motifs is 1. The maximum atomic E-state index is 10.9. The van der Waals surface area contributed by atoms with Crippen molar-refractivity contribution >= 4 is 16.7 Å². The van der Waals surface area contributed by atoms with Gasteiger partial charge in [-0.2, -0.15) is 0 Å². The average molecular weight is 390 g/mol. The summed E-state index contributed by atoms with van der Waals surface area (Å²) >= 11 is 0. The number of rotatable bonds is 7. The maximum absolute atomic E-state index is 10.9. The van der Waals surface area contributed by atoms with Gasteiger partial charge >= 0.3 is 0 Å². The van der Waals surface area contributed by atoms with Gasteiger partial charge in [-0.3, -0.25) is 4.72 Å². The Kier molecular flexibility index (Phi) is 6.19. The zero-order valence-electron chi connectivity index (χ0n) is 16.1. The Bertz CT molecular complexity index is 795. The Morgan fingerprint density at radius 2 is 1.93 bits per heavy atom. The summed E-state index contributed by atoms with van der Waals surface area (Å²) in [5.41, 5.74) is 2.31. The molecule has 0 bridgehead atoms. The third-order valence-electron chi connectivity index (χ3n) is 4.88. The van der Waals surface area contributed by atoms with Gasteiger partial charge in [0.1, 0.15) is 17.5 Å². The Balaban J connectivity index is 1.78. The van der Waals surface area contributed by atoms with E-state index in [1.54, 1.807) is 0 Å².